The van der Waals surface area contributed by atoms with Gasteiger partial charge < -0.3 is 10.2 Å². The molecule has 0 saturated carbocycles. The predicted molar refractivity (Wildman–Crippen MR) is 74.9 cm³/mol. The smallest absolute Gasteiger partial charge is 0.227 e. The first-order chi connectivity index (χ1) is 8.47. The van der Waals surface area contributed by atoms with Gasteiger partial charge in [0, 0.05) is 30.7 Å². The summed E-state index contributed by atoms with van der Waals surface area (Å²) < 4.78 is 0. The van der Waals surface area contributed by atoms with E-state index in [1.165, 1.54) is 5.56 Å². The van der Waals surface area contributed by atoms with Crippen molar-refractivity contribution in [3.8, 4) is 0 Å². The Morgan fingerprint density at radius 1 is 1.22 bits per heavy atom. The number of hydrogen-bond donors (Lipinski definition) is 1. The lowest BCUT2D eigenvalue weighted by molar-refractivity contribution is -0.118. The van der Waals surface area contributed by atoms with Crippen LogP contribution < -0.4 is 10.2 Å². The van der Waals surface area contributed by atoms with E-state index in [1.54, 1.807) is 0 Å². The summed E-state index contributed by atoms with van der Waals surface area (Å²) in [6.45, 7) is 7.98. The number of carbonyl (C=O) groups excluding carboxylic acids is 1. The Morgan fingerprint density at radius 2 is 1.94 bits per heavy atom. The number of amides is 1. The van der Waals surface area contributed by atoms with Crippen molar-refractivity contribution >= 4 is 11.6 Å². The number of hydrogen-bond acceptors (Lipinski definition) is 2. The molecule has 0 atom stereocenters. The highest BCUT2D eigenvalue weighted by Crippen LogP contribution is 2.26. The third-order valence-electron chi connectivity index (χ3n) is 3.18. The molecule has 98 valence electrons. The van der Waals surface area contributed by atoms with E-state index in [0.29, 0.717) is 6.42 Å². The first-order valence-corrected chi connectivity index (χ1v) is 6.61. The largest absolute Gasteiger partial charge is 0.311 e. The molecule has 1 amide bonds. The maximum absolute atomic E-state index is 12.0. The van der Waals surface area contributed by atoms with Gasteiger partial charge in [0.25, 0.3) is 0 Å². The number of anilines is 1. The Bertz CT molecular complexity index is 434. The molecule has 1 aromatic carbocycles. The third-order valence-corrected chi connectivity index (χ3v) is 3.18. The second kappa shape index (κ2) is 5.11. The highest BCUT2D eigenvalue weighted by atomic mass is 16.2. The zero-order chi connectivity index (χ0) is 13.2. The summed E-state index contributed by atoms with van der Waals surface area (Å²) >= 11 is 0. The maximum atomic E-state index is 12.0. The van der Waals surface area contributed by atoms with Gasteiger partial charge in [0.15, 0.2) is 0 Å². The maximum Gasteiger partial charge on any atom is 0.227 e. The molecule has 0 spiro atoms. The van der Waals surface area contributed by atoms with Crippen LogP contribution in [0.5, 0.6) is 0 Å². The zero-order valence-electron chi connectivity index (χ0n) is 11.5. The summed E-state index contributed by atoms with van der Waals surface area (Å²) in [4.78, 5) is 13.9. The normalized spacial score (nSPS) is 15.7. The molecule has 0 aromatic heterocycles. The lowest BCUT2D eigenvalue weighted by Crippen LogP contribution is -2.44. The van der Waals surface area contributed by atoms with Crippen molar-refractivity contribution in [3.63, 3.8) is 0 Å². The number of aryl methyl sites for hydroxylation is 1. The second-order valence-corrected chi connectivity index (χ2v) is 5.85. The molecule has 0 radical (unpaired) electrons. The van der Waals surface area contributed by atoms with Gasteiger partial charge in [-0.2, -0.15) is 0 Å². The van der Waals surface area contributed by atoms with E-state index in [1.807, 2.05) is 23.1 Å². The first kappa shape index (κ1) is 13.1. The van der Waals surface area contributed by atoms with Gasteiger partial charge in [-0.3, -0.25) is 4.79 Å². The summed E-state index contributed by atoms with van der Waals surface area (Å²) in [5, 5.41) is 3.43. The van der Waals surface area contributed by atoms with Gasteiger partial charge in [-0.15, -0.1) is 0 Å². The Morgan fingerprint density at radius 3 is 2.67 bits per heavy atom. The average Bonchev–Trinajstić information content (AvgIpc) is 2.31. The van der Waals surface area contributed by atoms with Crippen molar-refractivity contribution in [3.05, 3.63) is 29.8 Å². The molecule has 0 unspecified atom stereocenters. The molecule has 1 aliphatic heterocycles. The Balaban J connectivity index is 2.05. The van der Waals surface area contributed by atoms with Crippen molar-refractivity contribution in [1.29, 1.82) is 0 Å². The molecule has 2 rings (SSSR count). The van der Waals surface area contributed by atoms with Crippen molar-refractivity contribution in [2.75, 3.05) is 18.0 Å². The molecule has 1 heterocycles. The molecule has 3 heteroatoms. The van der Waals surface area contributed by atoms with Gasteiger partial charge in [0.1, 0.15) is 0 Å². The van der Waals surface area contributed by atoms with Crippen molar-refractivity contribution in [2.45, 2.75) is 39.2 Å². The van der Waals surface area contributed by atoms with Gasteiger partial charge in [-0.1, -0.05) is 18.2 Å². The van der Waals surface area contributed by atoms with E-state index in [4.69, 9.17) is 0 Å². The molecule has 0 aliphatic carbocycles. The van der Waals surface area contributed by atoms with Gasteiger partial charge in [-0.25, -0.2) is 0 Å². The molecule has 3 nitrogen and oxygen atoms in total. The number of carbonyl (C=O) groups is 1. The number of benzene rings is 1. The summed E-state index contributed by atoms with van der Waals surface area (Å²) in [6, 6.07) is 8.21. The van der Waals surface area contributed by atoms with Crippen LogP contribution in [0.3, 0.4) is 0 Å². The fourth-order valence-electron chi connectivity index (χ4n) is 2.28. The van der Waals surface area contributed by atoms with Gasteiger partial charge in [0.05, 0.1) is 0 Å². The van der Waals surface area contributed by atoms with Crippen LogP contribution in [-0.2, 0) is 11.2 Å². The van der Waals surface area contributed by atoms with Crippen LogP contribution in [0.25, 0.3) is 0 Å². The van der Waals surface area contributed by atoms with Gasteiger partial charge in [0.2, 0.25) is 5.91 Å². The minimum absolute atomic E-state index is 0.0956. The topological polar surface area (TPSA) is 32.3 Å². The van der Waals surface area contributed by atoms with E-state index in [2.05, 4.69) is 32.2 Å². The SMILES string of the molecule is CC(C)(C)NCCN1C(=O)CCc2ccccc21. The molecule has 1 aliphatic rings. The van der Waals surface area contributed by atoms with Crippen LogP contribution in [0.4, 0.5) is 5.69 Å². The number of rotatable bonds is 3. The second-order valence-electron chi connectivity index (χ2n) is 5.85. The predicted octanol–water partition coefficient (Wildman–Crippen LogP) is 2.35. The number of para-hydroxylation sites is 1. The molecule has 1 N–H and O–H groups in total. The molecule has 0 fully saturated rings. The monoisotopic (exact) mass is 246 g/mol. The van der Waals surface area contributed by atoms with E-state index in [9.17, 15) is 4.79 Å². The third kappa shape index (κ3) is 3.10. The Labute approximate surface area is 109 Å². The van der Waals surface area contributed by atoms with Crippen LogP contribution in [0, 0.1) is 0 Å². The number of fused-ring (bicyclic) bond motifs is 1. The van der Waals surface area contributed by atoms with Crippen molar-refractivity contribution < 1.29 is 4.79 Å². The summed E-state index contributed by atoms with van der Waals surface area (Å²) in [7, 11) is 0. The standard InChI is InChI=1S/C15H22N2O/c1-15(2,3)16-10-11-17-13-7-5-4-6-12(13)8-9-14(17)18/h4-7,16H,8-11H2,1-3H3. The summed E-state index contributed by atoms with van der Waals surface area (Å²) in [5.41, 5.74) is 2.47. The Kier molecular flexibility index (Phi) is 3.71. The quantitative estimate of drug-likeness (QED) is 0.888. The van der Waals surface area contributed by atoms with E-state index in [-0.39, 0.29) is 11.4 Å². The molecular weight excluding hydrogens is 224 g/mol. The fraction of sp³-hybridized carbons (Fsp3) is 0.533. The highest BCUT2D eigenvalue weighted by molar-refractivity contribution is 5.96. The van der Waals surface area contributed by atoms with Crippen molar-refractivity contribution in [1.82, 2.24) is 5.32 Å². The highest BCUT2D eigenvalue weighted by Gasteiger charge is 2.23. The molecule has 1 aromatic rings. The van der Waals surface area contributed by atoms with E-state index >= 15 is 0 Å². The zero-order valence-corrected chi connectivity index (χ0v) is 11.5. The average molecular weight is 246 g/mol. The van der Waals surface area contributed by atoms with E-state index in [0.717, 1.165) is 25.2 Å². The van der Waals surface area contributed by atoms with Crippen LogP contribution in [-0.4, -0.2) is 24.5 Å². The molecular formula is C15H22N2O. The number of nitrogens with zero attached hydrogens (tertiary/aromatic N) is 1. The minimum atomic E-state index is 0.0956. The fourth-order valence-corrected chi connectivity index (χ4v) is 2.28. The van der Waals surface area contributed by atoms with Crippen LogP contribution in [0.2, 0.25) is 0 Å². The molecule has 0 bridgehead atoms. The van der Waals surface area contributed by atoms with Crippen LogP contribution in [0.15, 0.2) is 24.3 Å². The lowest BCUT2D eigenvalue weighted by atomic mass is 10.0. The first-order valence-electron chi connectivity index (χ1n) is 6.61. The summed E-state index contributed by atoms with van der Waals surface area (Å²) in [5.74, 6) is 0.240. The Hall–Kier alpha value is -1.35. The van der Waals surface area contributed by atoms with E-state index < -0.39 is 0 Å². The van der Waals surface area contributed by atoms with Gasteiger partial charge >= 0.3 is 0 Å². The lowest BCUT2D eigenvalue weighted by Gasteiger charge is -2.31. The van der Waals surface area contributed by atoms with Crippen LogP contribution >= 0.6 is 0 Å². The minimum Gasteiger partial charge on any atom is -0.311 e. The van der Waals surface area contributed by atoms with Crippen LogP contribution in [0.1, 0.15) is 32.8 Å². The number of nitrogens with one attached hydrogen (secondary N) is 1. The summed E-state index contributed by atoms with van der Waals surface area (Å²) in [6.07, 6.45) is 1.50. The van der Waals surface area contributed by atoms with Crippen molar-refractivity contribution in [2.24, 2.45) is 0 Å². The molecule has 18 heavy (non-hydrogen) atoms. The van der Waals surface area contributed by atoms with Gasteiger partial charge in [-0.05, 0) is 38.8 Å². The molecule has 0 saturated heterocycles.